The van der Waals surface area contributed by atoms with Crippen molar-refractivity contribution in [1.29, 1.82) is 0 Å². The first-order chi connectivity index (χ1) is 18.0. The Bertz CT molecular complexity index is 1170. The minimum Gasteiger partial charge on any atom is -0.379 e. The lowest BCUT2D eigenvalue weighted by atomic mass is 10.1. The lowest BCUT2D eigenvalue weighted by Crippen LogP contribution is -2.48. The molecule has 1 fully saturated rings. The maximum absolute atomic E-state index is 13.3. The van der Waals surface area contributed by atoms with Crippen LogP contribution < -0.4 is 10.0 Å². The van der Waals surface area contributed by atoms with Crippen molar-refractivity contribution in [3.05, 3.63) is 64.7 Å². The number of nitrogens with one attached hydrogen (secondary N) is 2. The summed E-state index contributed by atoms with van der Waals surface area (Å²) in [5, 5.41) is 3.50. The number of sulfonamides is 1. The van der Waals surface area contributed by atoms with Gasteiger partial charge < -0.3 is 15.0 Å². The Morgan fingerprint density at radius 1 is 1.03 bits per heavy atom. The van der Waals surface area contributed by atoms with Crippen LogP contribution in [0.15, 0.2) is 53.4 Å². The highest BCUT2D eigenvalue weighted by atomic mass is 35.5. The Morgan fingerprint density at radius 3 is 2.26 bits per heavy atom. The molecule has 208 valence electrons. The fourth-order valence-electron chi connectivity index (χ4n) is 3.84. The third kappa shape index (κ3) is 9.69. The standard InChI is InChI=1S/C28H38ClN3O5S/c1-20(2)37-18-4-17-30-28(34)21(3)32(19-23-5-10-24(29)11-6-23)27(33)16-9-22-7-14-26(15-8-22)38(35,36)31-25-12-13-25/h5-8,10-11,14-15,20-21,25,31H,4,9,12-13,16-19H2,1-3H3,(H,30,34)/t21-/m1/s1. The number of carbonyl (C=O) groups excluding carboxylic acids is 2. The molecule has 3 rings (SSSR count). The van der Waals surface area contributed by atoms with Crippen molar-refractivity contribution in [2.24, 2.45) is 0 Å². The minimum atomic E-state index is -3.52. The van der Waals surface area contributed by atoms with Crippen molar-refractivity contribution in [1.82, 2.24) is 14.9 Å². The quantitative estimate of drug-likeness (QED) is 0.318. The highest BCUT2D eigenvalue weighted by Gasteiger charge is 2.28. The van der Waals surface area contributed by atoms with Crippen molar-refractivity contribution in [2.45, 2.75) is 82.5 Å². The van der Waals surface area contributed by atoms with Crippen molar-refractivity contribution in [3.63, 3.8) is 0 Å². The summed E-state index contributed by atoms with van der Waals surface area (Å²) < 4.78 is 33.0. The van der Waals surface area contributed by atoms with Gasteiger partial charge in [-0.1, -0.05) is 35.9 Å². The van der Waals surface area contributed by atoms with Gasteiger partial charge >= 0.3 is 0 Å². The molecule has 0 bridgehead atoms. The molecule has 2 aromatic carbocycles. The highest BCUT2D eigenvalue weighted by molar-refractivity contribution is 7.89. The molecule has 0 unspecified atom stereocenters. The Balaban J connectivity index is 1.61. The van der Waals surface area contributed by atoms with E-state index < -0.39 is 16.1 Å². The molecule has 2 N–H and O–H groups in total. The number of rotatable bonds is 15. The van der Waals surface area contributed by atoms with E-state index in [-0.39, 0.29) is 41.8 Å². The third-order valence-electron chi connectivity index (χ3n) is 6.27. The van der Waals surface area contributed by atoms with E-state index in [0.717, 1.165) is 24.0 Å². The largest absolute Gasteiger partial charge is 0.379 e. The number of ether oxygens (including phenoxy) is 1. The van der Waals surface area contributed by atoms with Crippen LogP contribution in [0.5, 0.6) is 0 Å². The van der Waals surface area contributed by atoms with Gasteiger partial charge in [0.1, 0.15) is 6.04 Å². The number of hydrogen-bond acceptors (Lipinski definition) is 5. The van der Waals surface area contributed by atoms with E-state index >= 15 is 0 Å². The smallest absolute Gasteiger partial charge is 0.242 e. The molecule has 0 spiro atoms. The molecule has 10 heteroatoms. The van der Waals surface area contributed by atoms with Gasteiger partial charge in [-0.05, 0) is 81.8 Å². The molecule has 0 aliphatic heterocycles. The molecule has 8 nitrogen and oxygen atoms in total. The molecule has 1 aliphatic carbocycles. The highest BCUT2D eigenvalue weighted by Crippen LogP contribution is 2.22. The number of nitrogens with zero attached hydrogens (tertiary/aromatic N) is 1. The van der Waals surface area contributed by atoms with E-state index in [0.29, 0.717) is 31.0 Å². The van der Waals surface area contributed by atoms with E-state index in [1.54, 1.807) is 48.2 Å². The topological polar surface area (TPSA) is 105 Å². The van der Waals surface area contributed by atoms with E-state index in [9.17, 15) is 18.0 Å². The van der Waals surface area contributed by atoms with Gasteiger partial charge in [0.2, 0.25) is 21.8 Å². The molecule has 0 radical (unpaired) electrons. The molecule has 1 saturated carbocycles. The fourth-order valence-corrected chi connectivity index (χ4v) is 5.27. The molecule has 38 heavy (non-hydrogen) atoms. The summed E-state index contributed by atoms with van der Waals surface area (Å²) in [6.45, 7) is 6.93. The van der Waals surface area contributed by atoms with Crippen LogP contribution >= 0.6 is 11.6 Å². The number of carbonyl (C=O) groups is 2. The zero-order valence-electron chi connectivity index (χ0n) is 22.3. The summed E-state index contributed by atoms with van der Waals surface area (Å²) in [7, 11) is -3.52. The van der Waals surface area contributed by atoms with Crippen molar-refractivity contribution >= 4 is 33.4 Å². The van der Waals surface area contributed by atoms with Crippen molar-refractivity contribution in [2.75, 3.05) is 13.2 Å². The van der Waals surface area contributed by atoms with E-state index in [1.165, 1.54) is 0 Å². The molecule has 1 aliphatic rings. The van der Waals surface area contributed by atoms with Crippen LogP contribution in [0.2, 0.25) is 5.02 Å². The first-order valence-corrected chi connectivity index (χ1v) is 15.0. The number of amides is 2. The number of aryl methyl sites for hydroxylation is 1. The summed E-state index contributed by atoms with van der Waals surface area (Å²) in [4.78, 5) is 28.0. The third-order valence-corrected chi connectivity index (χ3v) is 8.05. The Labute approximate surface area is 231 Å². The Hall–Kier alpha value is -2.46. The van der Waals surface area contributed by atoms with Crippen molar-refractivity contribution in [3.8, 4) is 0 Å². The van der Waals surface area contributed by atoms with E-state index in [4.69, 9.17) is 16.3 Å². The van der Waals surface area contributed by atoms with Crippen LogP contribution in [0.25, 0.3) is 0 Å². The van der Waals surface area contributed by atoms with Crippen LogP contribution in [0.3, 0.4) is 0 Å². The lowest BCUT2D eigenvalue weighted by molar-refractivity contribution is -0.140. The normalized spacial score (nSPS) is 14.3. The zero-order chi connectivity index (χ0) is 27.7. The van der Waals surface area contributed by atoms with Crippen LogP contribution in [0, 0.1) is 0 Å². The lowest BCUT2D eigenvalue weighted by Gasteiger charge is -2.29. The average molecular weight is 564 g/mol. The minimum absolute atomic E-state index is 0.0384. The van der Waals surface area contributed by atoms with Crippen molar-refractivity contribution < 1.29 is 22.7 Å². The van der Waals surface area contributed by atoms with Crippen LogP contribution in [0.4, 0.5) is 0 Å². The second-order valence-electron chi connectivity index (χ2n) is 9.93. The number of benzene rings is 2. The molecule has 2 amide bonds. The predicted octanol–water partition coefficient (Wildman–Crippen LogP) is 4.06. The molecule has 0 aromatic heterocycles. The second-order valence-corrected chi connectivity index (χ2v) is 12.1. The Morgan fingerprint density at radius 2 is 1.66 bits per heavy atom. The van der Waals surface area contributed by atoms with Crippen LogP contribution in [-0.2, 0) is 37.3 Å². The zero-order valence-corrected chi connectivity index (χ0v) is 23.9. The summed E-state index contributed by atoms with van der Waals surface area (Å²) in [5.41, 5.74) is 1.71. The summed E-state index contributed by atoms with van der Waals surface area (Å²) in [6, 6.07) is 13.1. The summed E-state index contributed by atoms with van der Waals surface area (Å²) >= 11 is 6.01. The molecule has 0 heterocycles. The number of halogens is 1. The molecule has 0 saturated heterocycles. The molecular formula is C28H38ClN3O5S. The van der Waals surface area contributed by atoms with Gasteiger partial charge in [-0.3, -0.25) is 9.59 Å². The van der Waals surface area contributed by atoms with Gasteiger partial charge in [0, 0.05) is 37.2 Å². The van der Waals surface area contributed by atoms with Gasteiger partial charge in [-0.2, -0.15) is 0 Å². The van der Waals surface area contributed by atoms with Crippen LogP contribution in [0.1, 0.15) is 57.6 Å². The van der Waals surface area contributed by atoms with Gasteiger partial charge in [0.05, 0.1) is 11.0 Å². The summed E-state index contributed by atoms with van der Waals surface area (Å²) in [5.74, 6) is -0.396. The van der Waals surface area contributed by atoms with E-state index in [1.807, 2.05) is 26.0 Å². The number of hydrogen-bond donors (Lipinski definition) is 2. The van der Waals surface area contributed by atoms with Gasteiger partial charge in [-0.15, -0.1) is 0 Å². The second kappa shape index (κ2) is 14.1. The summed E-state index contributed by atoms with van der Waals surface area (Å²) in [6.07, 6.45) is 3.16. The average Bonchev–Trinajstić information content (AvgIpc) is 3.69. The maximum Gasteiger partial charge on any atom is 0.242 e. The van der Waals surface area contributed by atoms with Gasteiger partial charge in [0.15, 0.2) is 0 Å². The van der Waals surface area contributed by atoms with Gasteiger partial charge in [-0.25, -0.2) is 13.1 Å². The first-order valence-electron chi connectivity index (χ1n) is 13.1. The fraction of sp³-hybridized carbons (Fsp3) is 0.500. The van der Waals surface area contributed by atoms with Crippen LogP contribution in [-0.4, -0.2) is 56.5 Å². The van der Waals surface area contributed by atoms with E-state index in [2.05, 4.69) is 10.0 Å². The Kier molecular flexibility index (Phi) is 11.1. The molecule has 2 aromatic rings. The predicted molar refractivity (Wildman–Crippen MR) is 148 cm³/mol. The first kappa shape index (κ1) is 30.1. The van der Waals surface area contributed by atoms with Gasteiger partial charge in [0.25, 0.3) is 0 Å². The maximum atomic E-state index is 13.3. The molecular weight excluding hydrogens is 526 g/mol. The molecule has 1 atom stereocenters. The monoisotopic (exact) mass is 563 g/mol. The SMILES string of the molecule is CC(C)OCCCNC(=O)[C@@H](C)N(Cc1ccc(Cl)cc1)C(=O)CCc1ccc(S(=O)(=O)NC2CC2)cc1.